The van der Waals surface area contributed by atoms with Gasteiger partial charge in [-0.2, -0.15) is 0 Å². The third-order valence-electron chi connectivity index (χ3n) is 2.86. The first-order valence-electron chi connectivity index (χ1n) is 5.65. The highest BCUT2D eigenvalue weighted by atomic mass is 35.5. The molecule has 0 radical (unpaired) electrons. The molecule has 2 aromatic rings. The molecule has 0 unspecified atom stereocenters. The maximum Gasteiger partial charge on any atom is 0.381 e. The molecule has 5 heteroatoms. The van der Waals surface area contributed by atoms with Crippen LogP contribution in [0.3, 0.4) is 0 Å². The molecular formula is C14H11Cl2NO2. The third-order valence-corrected chi connectivity index (χ3v) is 3.57. The van der Waals surface area contributed by atoms with E-state index in [4.69, 9.17) is 23.2 Å². The van der Waals surface area contributed by atoms with E-state index in [1.54, 1.807) is 48.5 Å². The van der Waals surface area contributed by atoms with E-state index in [9.17, 15) is 10.1 Å². The second-order valence-corrected chi connectivity index (χ2v) is 5.45. The monoisotopic (exact) mass is 295 g/mol. The van der Waals surface area contributed by atoms with Gasteiger partial charge in [0.2, 0.25) is 0 Å². The second kappa shape index (κ2) is 5.59. The molecule has 0 saturated heterocycles. The molecule has 98 valence electrons. The van der Waals surface area contributed by atoms with Crippen LogP contribution in [0.25, 0.3) is 0 Å². The van der Waals surface area contributed by atoms with Crippen LogP contribution < -0.4 is 0 Å². The van der Waals surface area contributed by atoms with Gasteiger partial charge >= 0.3 is 4.46 Å². The molecule has 0 aliphatic rings. The van der Waals surface area contributed by atoms with E-state index in [1.165, 1.54) is 0 Å². The summed E-state index contributed by atoms with van der Waals surface area (Å²) in [5, 5.41) is 11.2. The highest BCUT2D eigenvalue weighted by Gasteiger charge is 2.48. The summed E-state index contributed by atoms with van der Waals surface area (Å²) >= 11 is 11.9. The van der Waals surface area contributed by atoms with Gasteiger partial charge in [-0.3, -0.25) is 10.1 Å². The predicted octanol–water partition coefficient (Wildman–Crippen LogP) is 4.23. The summed E-state index contributed by atoms with van der Waals surface area (Å²) in [7, 11) is 0. The average molecular weight is 296 g/mol. The van der Waals surface area contributed by atoms with Gasteiger partial charge in [0.15, 0.2) is 0 Å². The number of alkyl halides is 2. The van der Waals surface area contributed by atoms with Crippen molar-refractivity contribution < 1.29 is 4.92 Å². The van der Waals surface area contributed by atoms with E-state index < -0.39 is 15.3 Å². The lowest BCUT2D eigenvalue weighted by atomic mass is 9.91. The molecule has 0 aliphatic heterocycles. The summed E-state index contributed by atoms with van der Waals surface area (Å²) in [6.45, 7) is 0. The Balaban J connectivity index is 2.55. The van der Waals surface area contributed by atoms with Crippen molar-refractivity contribution in [1.82, 2.24) is 0 Å². The van der Waals surface area contributed by atoms with Crippen LogP contribution >= 0.6 is 23.2 Å². The van der Waals surface area contributed by atoms with Crippen LogP contribution in [-0.2, 0) is 0 Å². The summed E-state index contributed by atoms with van der Waals surface area (Å²) in [6.07, 6.45) is 0. The van der Waals surface area contributed by atoms with Crippen LogP contribution in [0.5, 0.6) is 0 Å². The smallest absolute Gasteiger partial charge is 0.261 e. The lowest BCUT2D eigenvalue weighted by molar-refractivity contribution is -0.518. The molecule has 0 bridgehead atoms. The summed E-state index contributed by atoms with van der Waals surface area (Å²) in [4.78, 5) is 10.5. The molecule has 0 N–H and O–H groups in total. The van der Waals surface area contributed by atoms with Crippen molar-refractivity contribution in [2.75, 3.05) is 0 Å². The molecule has 0 saturated carbocycles. The predicted molar refractivity (Wildman–Crippen MR) is 76.2 cm³/mol. The first-order chi connectivity index (χ1) is 9.03. The molecular weight excluding hydrogens is 285 g/mol. The van der Waals surface area contributed by atoms with Crippen molar-refractivity contribution >= 4 is 23.2 Å². The fraction of sp³-hybridized carbons (Fsp3) is 0.143. The van der Waals surface area contributed by atoms with Crippen molar-refractivity contribution in [2.24, 2.45) is 0 Å². The van der Waals surface area contributed by atoms with Crippen LogP contribution in [-0.4, -0.2) is 9.38 Å². The maximum absolute atomic E-state index is 11.2. The van der Waals surface area contributed by atoms with Gasteiger partial charge in [0.1, 0.15) is 5.92 Å². The zero-order chi connectivity index (χ0) is 13.9. The fourth-order valence-electron chi connectivity index (χ4n) is 1.99. The van der Waals surface area contributed by atoms with E-state index in [0.717, 1.165) is 0 Å². The summed E-state index contributed by atoms with van der Waals surface area (Å²) in [5.41, 5.74) is 1.41. The minimum atomic E-state index is -2.11. The Labute approximate surface area is 120 Å². The first-order valence-corrected chi connectivity index (χ1v) is 6.41. The topological polar surface area (TPSA) is 43.1 Å². The van der Waals surface area contributed by atoms with Crippen molar-refractivity contribution in [3.05, 3.63) is 81.9 Å². The zero-order valence-corrected chi connectivity index (χ0v) is 11.4. The van der Waals surface area contributed by atoms with Crippen molar-refractivity contribution in [3.63, 3.8) is 0 Å². The Morgan fingerprint density at radius 3 is 1.58 bits per heavy atom. The van der Waals surface area contributed by atoms with Crippen LogP contribution in [0.15, 0.2) is 60.7 Å². The summed E-state index contributed by atoms with van der Waals surface area (Å²) in [6, 6.07) is 18.0. The van der Waals surface area contributed by atoms with Crippen LogP contribution in [0.1, 0.15) is 17.0 Å². The SMILES string of the molecule is O=[N+]([O-])C(Cl)(Cl)C(c1ccccc1)c1ccccc1. The molecule has 3 nitrogen and oxygen atoms in total. The average Bonchev–Trinajstić information content (AvgIpc) is 2.41. The van der Waals surface area contributed by atoms with E-state index in [-0.39, 0.29) is 0 Å². The van der Waals surface area contributed by atoms with Crippen molar-refractivity contribution in [2.45, 2.75) is 10.4 Å². The Morgan fingerprint density at radius 1 is 0.895 bits per heavy atom. The zero-order valence-electron chi connectivity index (χ0n) is 9.87. The molecule has 2 aromatic carbocycles. The van der Waals surface area contributed by atoms with Gasteiger partial charge in [0.25, 0.3) is 0 Å². The molecule has 0 fully saturated rings. The van der Waals surface area contributed by atoms with Crippen LogP contribution in [0.4, 0.5) is 0 Å². The number of hydrogen-bond acceptors (Lipinski definition) is 2. The second-order valence-electron chi connectivity index (χ2n) is 4.10. The lowest BCUT2D eigenvalue weighted by Crippen LogP contribution is -2.33. The van der Waals surface area contributed by atoms with Crippen LogP contribution in [0, 0.1) is 10.1 Å². The normalized spacial score (nSPS) is 11.5. The molecule has 19 heavy (non-hydrogen) atoms. The van der Waals surface area contributed by atoms with Crippen molar-refractivity contribution in [1.29, 1.82) is 0 Å². The van der Waals surface area contributed by atoms with Gasteiger partial charge in [0, 0.05) is 0 Å². The van der Waals surface area contributed by atoms with Gasteiger partial charge in [-0.05, 0) is 34.3 Å². The first kappa shape index (κ1) is 13.8. The Hall–Kier alpha value is -1.58. The van der Waals surface area contributed by atoms with Gasteiger partial charge in [-0.25, -0.2) is 0 Å². The minimum absolute atomic E-state index is 0.666. The van der Waals surface area contributed by atoms with Gasteiger partial charge < -0.3 is 0 Å². The number of rotatable bonds is 4. The molecule has 2 rings (SSSR count). The molecule has 0 amide bonds. The summed E-state index contributed by atoms with van der Waals surface area (Å²) in [5.74, 6) is -0.728. The maximum atomic E-state index is 11.2. The lowest BCUT2D eigenvalue weighted by Gasteiger charge is -2.23. The Kier molecular flexibility index (Phi) is 4.08. The molecule has 0 aliphatic carbocycles. The standard InChI is InChI=1S/C14H11Cl2NO2/c15-14(16,17(18)19)13(11-7-3-1-4-8-11)12-9-5-2-6-10-12/h1-10,13H. The van der Waals surface area contributed by atoms with Gasteiger partial charge in [-0.15, -0.1) is 0 Å². The number of nitro groups is 1. The van der Waals surface area contributed by atoms with Gasteiger partial charge in [0.05, 0.1) is 4.92 Å². The minimum Gasteiger partial charge on any atom is -0.261 e. The van der Waals surface area contributed by atoms with E-state index in [1.807, 2.05) is 12.1 Å². The number of halogens is 2. The van der Waals surface area contributed by atoms with Crippen molar-refractivity contribution in [3.8, 4) is 0 Å². The fourth-order valence-corrected chi connectivity index (χ4v) is 2.49. The van der Waals surface area contributed by atoms with E-state index in [0.29, 0.717) is 11.1 Å². The summed E-state index contributed by atoms with van der Waals surface area (Å²) < 4.78 is -2.11. The highest BCUT2D eigenvalue weighted by molar-refractivity contribution is 6.47. The van der Waals surface area contributed by atoms with E-state index in [2.05, 4.69) is 0 Å². The van der Waals surface area contributed by atoms with Gasteiger partial charge in [-0.1, -0.05) is 60.7 Å². The number of hydrogen-bond donors (Lipinski definition) is 0. The number of benzene rings is 2. The third kappa shape index (κ3) is 2.88. The van der Waals surface area contributed by atoms with Crippen LogP contribution in [0.2, 0.25) is 0 Å². The quantitative estimate of drug-likeness (QED) is 0.367. The van der Waals surface area contributed by atoms with E-state index >= 15 is 0 Å². The Bertz CT molecular complexity index is 519. The highest BCUT2D eigenvalue weighted by Crippen LogP contribution is 2.42. The molecule has 0 aromatic heterocycles. The molecule has 0 atom stereocenters. The number of nitrogens with zero attached hydrogens (tertiary/aromatic N) is 1. The molecule has 0 spiro atoms. The molecule has 0 heterocycles. The largest absolute Gasteiger partial charge is 0.381 e. The Morgan fingerprint density at radius 2 is 1.26 bits per heavy atom.